The molecule has 0 aliphatic carbocycles. The smallest absolute Gasteiger partial charge is 0.410 e. The lowest BCUT2D eigenvalue weighted by Gasteiger charge is -2.32. The first-order valence-corrected chi connectivity index (χ1v) is 11.2. The normalized spacial score (nSPS) is 15.2. The molecule has 1 saturated heterocycles. The third-order valence-electron chi connectivity index (χ3n) is 4.92. The van der Waals surface area contributed by atoms with Crippen LogP contribution in [0.4, 0.5) is 4.79 Å². The maximum absolute atomic E-state index is 12.5. The highest BCUT2D eigenvalue weighted by molar-refractivity contribution is 7.15. The molecule has 0 saturated carbocycles. The average Bonchev–Trinajstić information content (AvgIpc) is 3.13. The van der Waals surface area contributed by atoms with E-state index in [1.807, 2.05) is 52.0 Å². The highest BCUT2D eigenvalue weighted by Gasteiger charge is 2.30. The number of amides is 1. The average molecular weight is 431 g/mol. The highest BCUT2D eigenvalue weighted by atomic mass is 32.1. The molecule has 0 atom stereocenters. The minimum Gasteiger partial charge on any atom is -0.461 e. The van der Waals surface area contributed by atoms with Gasteiger partial charge in [0.2, 0.25) is 0 Å². The van der Waals surface area contributed by atoms with Crippen LogP contribution in [0.25, 0.3) is 10.4 Å². The van der Waals surface area contributed by atoms with Crippen LogP contribution in [0.3, 0.4) is 0 Å². The Morgan fingerprint density at radius 3 is 2.37 bits per heavy atom. The van der Waals surface area contributed by atoms with Crippen LogP contribution in [0.15, 0.2) is 24.3 Å². The van der Waals surface area contributed by atoms with Crippen molar-refractivity contribution in [1.29, 1.82) is 0 Å². The Morgan fingerprint density at radius 1 is 1.17 bits per heavy atom. The van der Waals surface area contributed by atoms with Gasteiger partial charge in [0.15, 0.2) is 5.69 Å². The van der Waals surface area contributed by atoms with Gasteiger partial charge in [0.05, 0.1) is 16.5 Å². The molecule has 1 aliphatic rings. The Hall–Kier alpha value is -2.41. The van der Waals surface area contributed by atoms with Crippen LogP contribution < -0.4 is 0 Å². The molecule has 0 N–H and O–H groups in total. The summed E-state index contributed by atoms with van der Waals surface area (Å²) >= 11 is 1.55. The molecule has 1 aliphatic heterocycles. The van der Waals surface area contributed by atoms with E-state index in [-0.39, 0.29) is 18.0 Å². The minimum atomic E-state index is -0.499. The fourth-order valence-corrected chi connectivity index (χ4v) is 4.61. The van der Waals surface area contributed by atoms with E-state index in [2.05, 4.69) is 4.98 Å². The van der Waals surface area contributed by atoms with E-state index in [0.717, 1.165) is 33.9 Å². The molecular weight excluding hydrogens is 400 g/mol. The Labute approximate surface area is 182 Å². The number of hydrogen-bond donors (Lipinski definition) is 0. The van der Waals surface area contributed by atoms with Gasteiger partial charge in [-0.05, 0) is 53.0 Å². The zero-order valence-electron chi connectivity index (χ0n) is 18.4. The zero-order chi connectivity index (χ0) is 21.9. The molecule has 1 amide bonds. The summed E-state index contributed by atoms with van der Waals surface area (Å²) in [4.78, 5) is 32.1. The molecule has 0 radical (unpaired) electrons. The van der Waals surface area contributed by atoms with Crippen LogP contribution in [0.2, 0.25) is 0 Å². The van der Waals surface area contributed by atoms with Gasteiger partial charge >= 0.3 is 12.1 Å². The second-order valence-corrected chi connectivity index (χ2v) is 9.59. The number of nitrogens with zero attached hydrogens (tertiary/aromatic N) is 2. The minimum absolute atomic E-state index is 0.209. The van der Waals surface area contributed by atoms with Crippen molar-refractivity contribution >= 4 is 23.4 Å². The van der Waals surface area contributed by atoms with E-state index in [4.69, 9.17) is 9.47 Å². The van der Waals surface area contributed by atoms with Crippen LogP contribution in [-0.4, -0.2) is 47.2 Å². The molecule has 2 aromatic rings. The molecule has 162 valence electrons. The molecule has 30 heavy (non-hydrogen) atoms. The number of hydrogen-bond acceptors (Lipinski definition) is 6. The number of ether oxygens (including phenoxy) is 2. The molecule has 1 aromatic heterocycles. The Morgan fingerprint density at radius 2 is 1.80 bits per heavy atom. The van der Waals surface area contributed by atoms with Gasteiger partial charge in [0.1, 0.15) is 5.60 Å². The molecular formula is C23H30N2O4S. The fourth-order valence-electron chi connectivity index (χ4n) is 3.39. The first-order valence-electron chi connectivity index (χ1n) is 10.4. The largest absolute Gasteiger partial charge is 0.461 e. The predicted octanol–water partition coefficient (Wildman–Crippen LogP) is 5.41. The van der Waals surface area contributed by atoms with Crippen LogP contribution >= 0.6 is 11.3 Å². The summed E-state index contributed by atoms with van der Waals surface area (Å²) in [5.41, 5.74) is 2.02. The quantitative estimate of drug-likeness (QED) is 0.607. The summed E-state index contributed by atoms with van der Waals surface area (Å²) in [6.07, 6.45) is 1.32. The molecule has 0 bridgehead atoms. The predicted molar refractivity (Wildman–Crippen MR) is 118 cm³/mol. The number of esters is 1. The Kier molecular flexibility index (Phi) is 6.81. The van der Waals surface area contributed by atoms with E-state index in [0.29, 0.717) is 25.4 Å². The lowest BCUT2D eigenvalue weighted by molar-refractivity contribution is 0.0204. The summed E-state index contributed by atoms with van der Waals surface area (Å²) in [7, 11) is 0. The summed E-state index contributed by atoms with van der Waals surface area (Å²) in [5, 5.41) is 0.928. The van der Waals surface area contributed by atoms with Gasteiger partial charge in [-0.15, -0.1) is 11.3 Å². The summed E-state index contributed by atoms with van der Waals surface area (Å²) in [5.74, 6) is -0.178. The van der Waals surface area contributed by atoms with Gasteiger partial charge in [0.25, 0.3) is 0 Å². The number of carbonyl (C=O) groups excluding carboxylic acids is 2. The molecule has 0 spiro atoms. The van der Waals surface area contributed by atoms with Crippen molar-refractivity contribution < 1.29 is 19.1 Å². The Balaban J connectivity index is 1.78. The number of aromatic nitrogens is 1. The van der Waals surface area contributed by atoms with Crippen LogP contribution in [0, 0.1) is 6.92 Å². The van der Waals surface area contributed by atoms with Crippen molar-refractivity contribution in [3.8, 4) is 10.4 Å². The molecule has 0 unspecified atom stereocenters. The van der Waals surface area contributed by atoms with Crippen LogP contribution in [0.1, 0.15) is 67.5 Å². The number of aryl methyl sites for hydroxylation is 1. The van der Waals surface area contributed by atoms with Gasteiger partial charge in [-0.3, -0.25) is 0 Å². The third kappa shape index (κ3) is 5.39. The Bertz CT molecular complexity index is 891. The second-order valence-electron chi connectivity index (χ2n) is 8.56. The molecule has 7 heteroatoms. The number of piperidine rings is 1. The van der Waals surface area contributed by atoms with Crippen molar-refractivity contribution in [2.45, 2.75) is 59.0 Å². The van der Waals surface area contributed by atoms with Crippen molar-refractivity contribution in [3.63, 3.8) is 0 Å². The first kappa shape index (κ1) is 22.3. The van der Waals surface area contributed by atoms with Crippen LogP contribution in [-0.2, 0) is 9.47 Å². The maximum Gasteiger partial charge on any atom is 0.410 e. The topological polar surface area (TPSA) is 68.7 Å². The summed E-state index contributed by atoms with van der Waals surface area (Å²) < 4.78 is 10.7. The van der Waals surface area contributed by atoms with Gasteiger partial charge in [0, 0.05) is 19.0 Å². The van der Waals surface area contributed by atoms with E-state index < -0.39 is 5.60 Å². The van der Waals surface area contributed by atoms with Crippen molar-refractivity contribution in [1.82, 2.24) is 9.88 Å². The van der Waals surface area contributed by atoms with E-state index in [1.165, 1.54) is 0 Å². The number of thiazole rings is 1. The SMILES string of the molecule is CCOC(=O)c1nc(C2CCN(C(=O)OC(C)(C)C)CC2)sc1-c1ccc(C)cc1. The monoisotopic (exact) mass is 430 g/mol. The number of rotatable bonds is 4. The molecule has 3 rings (SSSR count). The fraction of sp³-hybridized carbons (Fsp3) is 0.522. The highest BCUT2D eigenvalue weighted by Crippen LogP contribution is 2.38. The second kappa shape index (κ2) is 9.16. The molecule has 2 heterocycles. The van der Waals surface area contributed by atoms with Crippen molar-refractivity contribution in [2.24, 2.45) is 0 Å². The number of benzene rings is 1. The van der Waals surface area contributed by atoms with E-state index in [1.54, 1.807) is 23.2 Å². The van der Waals surface area contributed by atoms with Gasteiger partial charge in [-0.2, -0.15) is 0 Å². The van der Waals surface area contributed by atoms with Gasteiger partial charge in [-0.1, -0.05) is 29.8 Å². The lowest BCUT2D eigenvalue weighted by Crippen LogP contribution is -2.41. The molecule has 1 fully saturated rings. The summed E-state index contributed by atoms with van der Waals surface area (Å²) in [6, 6.07) is 8.09. The van der Waals surface area contributed by atoms with Crippen molar-refractivity contribution in [2.75, 3.05) is 19.7 Å². The van der Waals surface area contributed by atoms with E-state index >= 15 is 0 Å². The van der Waals surface area contributed by atoms with Crippen molar-refractivity contribution in [3.05, 3.63) is 40.5 Å². The lowest BCUT2D eigenvalue weighted by atomic mass is 9.98. The zero-order valence-corrected chi connectivity index (χ0v) is 19.2. The first-order chi connectivity index (χ1) is 14.2. The standard InChI is InChI=1S/C23H30N2O4S/c1-6-28-21(26)18-19(16-9-7-15(2)8-10-16)30-20(24-18)17-11-13-25(14-12-17)22(27)29-23(3,4)5/h7-10,17H,6,11-14H2,1-5H3. The van der Waals surface area contributed by atoms with Crippen LogP contribution in [0.5, 0.6) is 0 Å². The summed E-state index contributed by atoms with van der Waals surface area (Å²) in [6.45, 7) is 11.0. The van der Waals surface area contributed by atoms with Gasteiger partial charge < -0.3 is 14.4 Å². The van der Waals surface area contributed by atoms with E-state index in [9.17, 15) is 9.59 Å². The number of carbonyl (C=O) groups is 2. The van der Waals surface area contributed by atoms with Gasteiger partial charge in [-0.25, -0.2) is 14.6 Å². The molecule has 1 aromatic carbocycles. The third-order valence-corrected chi connectivity index (χ3v) is 6.19. The number of likely N-dealkylation sites (tertiary alicyclic amines) is 1. The molecule has 6 nitrogen and oxygen atoms in total. The maximum atomic E-state index is 12.5.